The lowest BCUT2D eigenvalue weighted by atomic mass is 9.99. The summed E-state index contributed by atoms with van der Waals surface area (Å²) in [4.78, 5) is 45.5. The highest BCUT2D eigenvalue weighted by atomic mass is 79.9. The maximum atomic E-state index is 11.5. The van der Waals surface area contributed by atoms with Crippen LogP contribution in [0.2, 0.25) is 0 Å². The van der Waals surface area contributed by atoms with Crippen molar-refractivity contribution in [3.8, 4) is 0 Å². The summed E-state index contributed by atoms with van der Waals surface area (Å²) in [6.45, 7) is 3.23. The molecule has 0 radical (unpaired) electrons. The molecule has 1 saturated heterocycles. The molecule has 0 amide bonds. The third-order valence-electron chi connectivity index (χ3n) is 3.01. The largest absolute Gasteiger partial charge is 0.463 e. The zero-order valence-corrected chi connectivity index (χ0v) is 16.1. The van der Waals surface area contributed by atoms with E-state index in [-0.39, 0.29) is 6.61 Å². The van der Waals surface area contributed by atoms with Crippen LogP contribution < -0.4 is 0 Å². The predicted molar refractivity (Wildman–Crippen MR) is 85.9 cm³/mol. The molecule has 1 heterocycles. The zero-order chi connectivity index (χ0) is 19.1. The fourth-order valence-corrected chi connectivity index (χ4v) is 2.92. The minimum Gasteiger partial charge on any atom is -0.463 e. The third-order valence-corrected chi connectivity index (χ3v) is 3.96. The van der Waals surface area contributed by atoms with Crippen LogP contribution in [-0.4, -0.2) is 65.8 Å². The second kappa shape index (κ2) is 9.93. The van der Waals surface area contributed by atoms with E-state index in [1.807, 2.05) is 0 Å². The average Bonchev–Trinajstić information content (AvgIpc) is 2.50. The van der Waals surface area contributed by atoms with Crippen molar-refractivity contribution in [1.29, 1.82) is 0 Å². The van der Waals surface area contributed by atoms with Gasteiger partial charge >= 0.3 is 23.9 Å². The molecule has 5 atom stereocenters. The fourth-order valence-electron chi connectivity index (χ4n) is 2.17. The monoisotopic (exact) mass is 444 g/mol. The van der Waals surface area contributed by atoms with Gasteiger partial charge in [-0.05, 0) is 0 Å². The van der Waals surface area contributed by atoms with Crippen molar-refractivity contribution < 1.29 is 42.9 Å². The minimum absolute atomic E-state index is 0.261. The second-order valence-electron chi connectivity index (χ2n) is 5.06. The van der Waals surface area contributed by atoms with Crippen LogP contribution in [0.3, 0.4) is 0 Å². The highest BCUT2D eigenvalue weighted by Crippen LogP contribution is 2.31. The van der Waals surface area contributed by atoms with Crippen LogP contribution in [0, 0.1) is 0 Å². The van der Waals surface area contributed by atoms with Crippen molar-refractivity contribution in [2.75, 3.05) is 12.5 Å². The molecule has 1 rings (SSSR count). The van der Waals surface area contributed by atoms with Crippen molar-refractivity contribution in [3.05, 3.63) is 0 Å². The van der Waals surface area contributed by atoms with Crippen molar-refractivity contribution >= 4 is 51.4 Å². The molecule has 0 spiro atoms. The average molecular weight is 446 g/mol. The van der Waals surface area contributed by atoms with Gasteiger partial charge in [0.15, 0.2) is 23.3 Å². The number of esters is 4. The molecular formula is C14H18BrClO9. The maximum Gasteiger partial charge on any atom is 0.321 e. The van der Waals surface area contributed by atoms with Crippen molar-refractivity contribution in [1.82, 2.24) is 0 Å². The Kier molecular flexibility index (Phi) is 8.60. The third kappa shape index (κ3) is 6.79. The number of alkyl halides is 2. The van der Waals surface area contributed by atoms with Crippen LogP contribution in [0.25, 0.3) is 0 Å². The van der Waals surface area contributed by atoms with Gasteiger partial charge in [-0.15, -0.1) is 11.6 Å². The molecule has 0 N–H and O–H groups in total. The van der Waals surface area contributed by atoms with Gasteiger partial charge in [-0.25, -0.2) is 0 Å². The standard InChI is InChI=1S/C14H18BrClO9/c1-6(17)21-5-9-11(22-7(2)18)12(23-8(3)19)13(14(15)24-9)25-10(20)4-16/h9,11-14H,4-5H2,1-3H3/t9-,11-,12+,13-,14+/m1/s1. The zero-order valence-electron chi connectivity index (χ0n) is 13.7. The van der Waals surface area contributed by atoms with Crippen LogP contribution in [0.5, 0.6) is 0 Å². The first kappa shape index (κ1) is 21.7. The summed E-state index contributed by atoms with van der Waals surface area (Å²) in [6.07, 6.45) is -4.43. The van der Waals surface area contributed by atoms with E-state index in [0.29, 0.717) is 0 Å². The molecule has 0 aromatic carbocycles. The molecule has 9 nitrogen and oxygen atoms in total. The summed E-state index contributed by atoms with van der Waals surface area (Å²) in [5, 5.41) is -0.920. The summed E-state index contributed by atoms with van der Waals surface area (Å²) < 4.78 is 25.9. The molecule has 25 heavy (non-hydrogen) atoms. The highest BCUT2D eigenvalue weighted by molar-refractivity contribution is 9.09. The molecule has 11 heteroatoms. The molecule has 1 fully saturated rings. The number of rotatable bonds is 6. The first-order chi connectivity index (χ1) is 11.6. The minimum atomic E-state index is -1.19. The number of carbonyl (C=O) groups excluding carboxylic acids is 4. The first-order valence-electron chi connectivity index (χ1n) is 7.18. The van der Waals surface area contributed by atoms with E-state index in [2.05, 4.69) is 15.9 Å². The molecule has 0 aromatic rings. The van der Waals surface area contributed by atoms with E-state index in [0.717, 1.165) is 13.8 Å². The molecule has 0 bridgehead atoms. The van der Waals surface area contributed by atoms with Gasteiger partial charge in [-0.3, -0.25) is 19.2 Å². The number of ether oxygens (including phenoxy) is 5. The van der Waals surface area contributed by atoms with Crippen LogP contribution in [0.15, 0.2) is 0 Å². The SMILES string of the molecule is CC(=O)OC[C@H]1O[C@H](Br)[C@H](OC(=O)CCl)[C@@H](OC(C)=O)[C@@H]1OC(C)=O. The smallest absolute Gasteiger partial charge is 0.321 e. The summed E-state index contributed by atoms with van der Waals surface area (Å²) in [7, 11) is 0. The second-order valence-corrected chi connectivity index (χ2v) is 6.23. The number of hydrogen-bond donors (Lipinski definition) is 0. The van der Waals surface area contributed by atoms with E-state index in [1.165, 1.54) is 6.92 Å². The molecule has 0 saturated carbocycles. The van der Waals surface area contributed by atoms with Crippen LogP contribution in [0.1, 0.15) is 20.8 Å². The molecule has 1 aliphatic rings. The summed E-state index contributed by atoms with van der Waals surface area (Å²) in [6, 6.07) is 0. The van der Waals surface area contributed by atoms with E-state index < -0.39 is 59.2 Å². The van der Waals surface area contributed by atoms with Crippen molar-refractivity contribution in [2.45, 2.75) is 50.2 Å². The van der Waals surface area contributed by atoms with Gasteiger partial charge in [-0.1, -0.05) is 15.9 Å². The van der Waals surface area contributed by atoms with Crippen LogP contribution >= 0.6 is 27.5 Å². The molecule has 142 valence electrons. The Morgan fingerprint density at radius 1 is 0.920 bits per heavy atom. The lowest BCUT2D eigenvalue weighted by molar-refractivity contribution is -0.236. The number of halogens is 2. The quantitative estimate of drug-likeness (QED) is 0.331. The Bertz CT molecular complexity index is 526. The topological polar surface area (TPSA) is 114 Å². The summed E-state index contributed by atoms with van der Waals surface area (Å²) >= 11 is 8.59. The van der Waals surface area contributed by atoms with Gasteiger partial charge in [0.2, 0.25) is 0 Å². The van der Waals surface area contributed by atoms with E-state index in [9.17, 15) is 19.2 Å². The highest BCUT2D eigenvalue weighted by Gasteiger charge is 2.51. The number of carbonyl (C=O) groups is 4. The Balaban J connectivity index is 3.12. The summed E-state index contributed by atoms with van der Waals surface area (Å²) in [5.74, 6) is -3.16. The Labute approximate surface area is 157 Å². The van der Waals surface area contributed by atoms with E-state index in [4.69, 9.17) is 35.3 Å². The maximum absolute atomic E-state index is 11.5. The molecule has 1 aliphatic heterocycles. The van der Waals surface area contributed by atoms with Crippen molar-refractivity contribution in [3.63, 3.8) is 0 Å². The van der Waals surface area contributed by atoms with Gasteiger partial charge in [0.05, 0.1) is 0 Å². The predicted octanol–water partition coefficient (Wildman–Crippen LogP) is 0.683. The Hall–Kier alpha value is -1.39. The Morgan fingerprint density at radius 3 is 1.96 bits per heavy atom. The van der Waals surface area contributed by atoms with Crippen molar-refractivity contribution in [2.24, 2.45) is 0 Å². The Morgan fingerprint density at radius 2 is 1.48 bits per heavy atom. The first-order valence-corrected chi connectivity index (χ1v) is 8.63. The lowest BCUT2D eigenvalue weighted by Gasteiger charge is -2.42. The number of hydrogen-bond acceptors (Lipinski definition) is 9. The van der Waals surface area contributed by atoms with Crippen LogP contribution in [0.4, 0.5) is 0 Å². The molecule has 0 aliphatic carbocycles. The molecular weight excluding hydrogens is 428 g/mol. The van der Waals surface area contributed by atoms with Gasteiger partial charge in [-0.2, -0.15) is 0 Å². The van der Waals surface area contributed by atoms with Gasteiger partial charge < -0.3 is 23.7 Å². The normalized spacial score (nSPS) is 28.6. The van der Waals surface area contributed by atoms with E-state index >= 15 is 0 Å². The van der Waals surface area contributed by atoms with Gasteiger partial charge in [0, 0.05) is 20.8 Å². The molecule has 0 aromatic heterocycles. The van der Waals surface area contributed by atoms with Crippen LogP contribution in [-0.2, 0) is 42.9 Å². The van der Waals surface area contributed by atoms with E-state index in [1.54, 1.807) is 0 Å². The summed E-state index contributed by atoms with van der Waals surface area (Å²) in [5.41, 5.74) is 0. The lowest BCUT2D eigenvalue weighted by Crippen LogP contribution is -2.61. The molecule has 0 unspecified atom stereocenters. The fraction of sp³-hybridized carbons (Fsp3) is 0.714. The van der Waals surface area contributed by atoms with Gasteiger partial charge in [0.1, 0.15) is 18.6 Å². The van der Waals surface area contributed by atoms with Gasteiger partial charge in [0.25, 0.3) is 0 Å².